The van der Waals surface area contributed by atoms with Gasteiger partial charge < -0.3 is 19.5 Å². The number of methoxy groups -OCH3 is 2. The average Bonchev–Trinajstić information content (AvgIpc) is 2.84. The summed E-state index contributed by atoms with van der Waals surface area (Å²) in [5.74, 6) is 1.15. The van der Waals surface area contributed by atoms with Crippen LogP contribution in [0.1, 0.15) is 22.1 Å². The van der Waals surface area contributed by atoms with Crippen LogP contribution in [0.15, 0.2) is 54.6 Å². The number of carbonyl (C=O) groups is 1. The Hall–Kier alpha value is -3.16. The average molecular weight is 421 g/mol. The molecule has 1 aliphatic heterocycles. The molecule has 0 aliphatic carbocycles. The van der Waals surface area contributed by atoms with Gasteiger partial charge >= 0.3 is 0 Å². The van der Waals surface area contributed by atoms with Gasteiger partial charge in [-0.2, -0.15) is 0 Å². The molecular formula is C24H27N3O4. The Kier molecular flexibility index (Phi) is 6.64. The molecule has 0 saturated carbocycles. The predicted octanol–water partition coefficient (Wildman–Crippen LogP) is 3.06. The predicted molar refractivity (Wildman–Crippen MR) is 119 cm³/mol. The van der Waals surface area contributed by atoms with Crippen molar-refractivity contribution >= 4 is 16.8 Å². The number of nitrogens with zero attached hydrogens (tertiary/aromatic N) is 2. The molecule has 1 fully saturated rings. The van der Waals surface area contributed by atoms with E-state index in [1.54, 1.807) is 20.3 Å². The van der Waals surface area contributed by atoms with Crippen LogP contribution < -0.4 is 14.8 Å². The van der Waals surface area contributed by atoms with Crippen LogP contribution in [-0.2, 0) is 4.74 Å². The molecule has 2 aromatic carbocycles. The van der Waals surface area contributed by atoms with E-state index in [-0.39, 0.29) is 11.9 Å². The minimum Gasteiger partial charge on any atom is -0.493 e. The molecular weight excluding hydrogens is 394 g/mol. The minimum atomic E-state index is -0.190. The number of morpholine rings is 1. The van der Waals surface area contributed by atoms with Crippen molar-refractivity contribution in [2.45, 2.75) is 6.04 Å². The van der Waals surface area contributed by atoms with Crippen LogP contribution in [0.2, 0.25) is 0 Å². The largest absolute Gasteiger partial charge is 0.493 e. The summed E-state index contributed by atoms with van der Waals surface area (Å²) in [7, 11) is 3.24. The fourth-order valence-corrected chi connectivity index (χ4v) is 3.88. The summed E-state index contributed by atoms with van der Waals surface area (Å²) >= 11 is 0. The summed E-state index contributed by atoms with van der Waals surface area (Å²) in [6, 6.07) is 17.3. The van der Waals surface area contributed by atoms with Gasteiger partial charge in [0.15, 0.2) is 11.5 Å². The maximum Gasteiger partial charge on any atom is 0.269 e. The Morgan fingerprint density at radius 3 is 2.61 bits per heavy atom. The number of ether oxygens (including phenoxy) is 3. The van der Waals surface area contributed by atoms with Crippen LogP contribution in [0.25, 0.3) is 10.9 Å². The zero-order chi connectivity index (χ0) is 21.6. The highest BCUT2D eigenvalue weighted by molar-refractivity contribution is 5.94. The molecule has 31 heavy (non-hydrogen) atoms. The quantitative estimate of drug-likeness (QED) is 0.632. The van der Waals surface area contributed by atoms with Crippen LogP contribution in [-0.4, -0.2) is 62.9 Å². The third-order valence-corrected chi connectivity index (χ3v) is 5.57. The van der Waals surface area contributed by atoms with Gasteiger partial charge in [-0.3, -0.25) is 9.69 Å². The number of nitrogens with one attached hydrogen (secondary N) is 1. The van der Waals surface area contributed by atoms with E-state index in [1.165, 1.54) is 0 Å². The number of benzene rings is 2. The van der Waals surface area contributed by atoms with Gasteiger partial charge in [-0.05, 0) is 29.8 Å². The lowest BCUT2D eigenvalue weighted by atomic mass is 10.0. The Bertz CT molecular complexity index is 1050. The van der Waals surface area contributed by atoms with E-state index < -0.39 is 0 Å². The first kappa shape index (κ1) is 21.1. The van der Waals surface area contributed by atoms with E-state index in [1.807, 2.05) is 48.5 Å². The minimum absolute atomic E-state index is 0.0203. The molecule has 1 atom stereocenters. The number of carbonyl (C=O) groups excluding carboxylic acids is 1. The molecule has 1 aromatic heterocycles. The van der Waals surface area contributed by atoms with Gasteiger partial charge in [0, 0.05) is 25.0 Å². The van der Waals surface area contributed by atoms with Gasteiger partial charge in [-0.15, -0.1) is 0 Å². The maximum absolute atomic E-state index is 12.9. The van der Waals surface area contributed by atoms with Gasteiger partial charge in [-0.25, -0.2) is 4.98 Å². The van der Waals surface area contributed by atoms with Gasteiger partial charge in [0.2, 0.25) is 0 Å². The fourth-order valence-electron chi connectivity index (χ4n) is 3.88. The summed E-state index contributed by atoms with van der Waals surface area (Å²) in [4.78, 5) is 19.7. The van der Waals surface area contributed by atoms with Crippen molar-refractivity contribution in [1.82, 2.24) is 15.2 Å². The molecule has 1 unspecified atom stereocenters. The second-order valence-electron chi connectivity index (χ2n) is 7.38. The van der Waals surface area contributed by atoms with Crippen molar-refractivity contribution in [2.24, 2.45) is 0 Å². The number of hydrogen-bond donors (Lipinski definition) is 1. The molecule has 3 aromatic rings. The number of hydrogen-bond acceptors (Lipinski definition) is 6. The molecule has 0 spiro atoms. The molecule has 1 aliphatic rings. The maximum atomic E-state index is 12.9. The Labute approximate surface area is 181 Å². The highest BCUT2D eigenvalue weighted by Gasteiger charge is 2.24. The number of amides is 1. The molecule has 7 heteroatoms. The highest BCUT2D eigenvalue weighted by Crippen LogP contribution is 2.32. The molecule has 1 saturated heterocycles. The van der Waals surface area contributed by atoms with E-state index in [9.17, 15) is 4.79 Å². The monoisotopic (exact) mass is 421 g/mol. The van der Waals surface area contributed by atoms with E-state index in [2.05, 4.69) is 15.2 Å². The zero-order valence-corrected chi connectivity index (χ0v) is 17.8. The Morgan fingerprint density at radius 1 is 1.06 bits per heavy atom. The number of pyridine rings is 1. The zero-order valence-electron chi connectivity index (χ0n) is 17.8. The number of para-hydroxylation sites is 1. The Morgan fingerprint density at radius 2 is 1.84 bits per heavy atom. The SMILES string of the molecule is COc1ccc(C(CNC(=O)c2ccc3ccccc3n2)N2CCOCC2)cc1OC. The first-order valence-corrected chi connectivity index (χ1v) is 10.4. The van der Waals surface area contributed by atoms with Crippen molar-refractivity contribution in [3.8, 4) is 11.5 Å². The standard InChI is InChI=1S/C24H27N3O4/c1-29-22-10-8-18(15-23(22)30-2)21(27-11-13-31-14-12-27)16-25-24(28)20-9-7-17-5-3-4-6-19(17)26-20/h3-10,15,21H,11-14,16H2,1-2H3,(H,25,28). The third-order valence-electron chi connectivity index (χ3n) is 5.57. The summed E-state index contributed by atoms with van der Waals surface area (Å²) < 4.78 is 16.4. The van der Waals surface area contributed by atoms with Crippen LogP contribution in [0.3, 0.4) is 0 Å². The molecule has 4 rings (SSSR count). The number of aromatic nitrogens is 1. The molecule has 0 bridgehead atoms. The summed E-state index contributed by atoms with van der Waals surface area (Å²) in [5.41, 5.74) is 2.26. The first-order valence-electron chi connectivity index (χ1n) is 10.4. The number of rotatable bonds is 7. The van der Waals surface area contributed by atoms with E-state index in [0.29, 0.717) is 37.0 Å². The number of fused-ring (bicyclic) bond motifs is 1. The Balaban J connectivity index is 1.55. The van der Waals surface area contributed by atoms with Crippen LogP contribution >= 0.6 is 0 Å². The lowest BCUT2D eigenvalue weighted by Crippen LogP contribution is -2.44. The smallest absolute Gasteiger partial charge is 0.269 e. The second kappa shape index (κ2) is 9.76. The second-order valence-corrected chi connectivity index (χ2v) is 7.38. The van der Waals surface area contributed by atoms with Crippen LogP contribution in [0.4, 0.5) is 0 Å². The molecule has 1 amide bonds. The molecule has 1 N–H and O–H groups in total. The summed E-state index contributed by atoms with van der Waals surface area (Å²) in [6.45, 7) is 3.38. The first-order chi connectivity index (χ1) is 15.2. The van der Waals surface area contributed by atoms with E-state index in [0.717, 1.165) is 29.6 Å². The van der Waals surface area contributed by atoms with E-state index >= 15 is 0 Å². The molecule has 0 radical (unpaired) electrons. The van der Waals surface area contributed by atoms with Gasteiger partial charge in [0.05, 0.1) is 39.0 Å². The lowest BCUT2D eigenvalue weighted by Gasteiger charge is -2.35. The van der Waals surface area contributed by atoms with Crippen molar-refractivity contribution in [2.75, 3.05) is 47.1 Å². The topological polar surface area (TPSA) is 72.9 Å². The molecule has 7 nitrogen and oxygen atoms in total. The molecule has 2 heterocycles. The highest BCUT2D eigenvalue weighted by atomic mass is 16.5. The third kappa shape index (κ3) is 4.78. The summed E-state index contributed by atoms with van der Waals surface area (Å²) in [5, 5.41) is 4.08. The van der Waals surface area contributed by atoms with Crippen molar-refractivity contribution < 1.29 is 19.0 Å². The fraction of sp³-hybridized carbons (Fsp3) is 0.333. The van der Waals surface area contributed by atoms with Gasteiger partial charge in [0.25, 0.3) is 5.91 Å². The summed E-state index contributed by atoms with van der Waals surface area (Å²) in [6.07, 6.45) is 0. The van der Waals surface area contributed by atoms with Crippen molar-refractivity contribution in [1.29, 1.82) is 0 Å². The lowest BCUT2D eigenvalue weighted by molar-refractivity contribution is 0.0161. The van der Waals surface area contributed by atoms with Crippen LogP contribution in [0, 0.1) is 0 Å². The molecule has 162 valence electrons. The normalized spacial score (nSPS) is 15.4. The van der Waals surface area contributed by atoms with E-state index in [4.69, 9.17) is 14.2 Å². The van der Waals surface area contributed by atoms with Gasteiger partial charge in [-0.1, -0.05) is 30.3 Å². The van der Waals surface area contributed by atoms with Crippen LogP contribution in [0.5, 0.6) is 11.5 Å². The van der Waals surface area contributed by atoms with Gasteiger partial charge in [0.1, 0.15) is 5.69 Å². The van der Waals surface area contributed by atoms with Crippen molar-refractivity contribution in [3.05, 3.63) is 65.9 Å². The van der Waals surface area contributed by atoms with Crippen molar-refractivity contribution in [3.63, 3.8) is 0 Å².